The van der Waals surface area contributed by atoms with Crippen LogP contribution < -0.4 is 4.73 Å². The Labute approximate surface area is 81.9 Å². The van der Waals surface area contributed by atoms with Crippen LogP contribution in [0.15, 0.2) is 18.6 Å². The molecule has 0 atom stereocenters. The molecule has 0 radical (unpaired) electrons. The highest BCUT2D eigenvalue weighted by molar-refractivity contribution is 5.69. The summed E-state index contributed by atoms with van der Waals surface area (Å²) in [5, 5.41) is 11.1. The Balaban J connectivity index is 2.46. The van der Waals surface area contributed by atoms with Gasteiger partial charge in [-0.15, -0.1) is 0 Å². The van der Waals surface area contributed by atoms with E-state index in [0.29, 0.717) is 23.5 Å². The molecule has 0 N–H and O–H groups in total. The minimum absolute atomic E-state index is 0.222. The fourth-order valence-corrected chi connectivity index (χ4v) is 1.03. The van der Waals surface area contributed by atoms with Gasteiger partial charge < -0.3 is 9.94 Å². The number of esters is 1. The van der Waals surface area contributed by atoms with Crippen LogP contribution in [0.1, 0.15) is 19.0 Å². The van der Waals surface area contributed by atoms with Crippen LogP contribution in [0.3, 0.4) is 0 Å². The minimum Gasteiger partial charge on any atom is -0.711 e. The van der Waals surface area contributed by atoms with E-state index in [1.165, 1.54) is 12.5 Å². The maximum atomic E-state index is 11.1. The van der Waals surface area contributed by atoms with Gasteiger partial charge in [-0.1, -0.05) is 4.98 Å². The van der Waals surface area contributed by atoms with Gasteiger partial charge in [0.25, 0.3) is 6.33 Å². The summed E-state index contributed by atoms with van der Waals surface area (Å²) in [6.07, 6.45) is 3.29. The summed E-state index contributed by atoms with van der Waals surface area (Å²) in [4.78, 5) is 14.6. The molecule has 0 unspecified atom stereocenters. The van der Waals surface area contributed by atoms with Crippen LogP contribution in [0.25, 0.3) is 0 Å². The van der Waals surface area contributed by atoms with Gasteiger partial charge in [0.05, 0.1) is 13.0 Å². The van der Waals surface area contributed by atoms with Gasteiger partial charge in [0, 0.05) is 12.5 Å². The van der Waals surface area contributed by atoms with Crippen molar-refractivity contribution in [2.24, 2.45) is 0 Å². The second kappa shape index (κ2) is 5.16. The van der Waals surface area contributed by atoms with Crippen molar-refractivity contribution in [3.05, 3.63) is 29.5 Å². The van der Waals surface area contributed by atoms with E-state index in [2.05, 4.69) is 4.98 Å². The molecule has 76 valence electrons. The van der Waals surface area contributed by atoms with Crippen LogP contribution in [0.2, 0.25) is 0 Å². The van der Waals surface area contributed by atoms with E-state index in [1.54, 1.807) is 13.0 Å². The highest BCUT2D eigenvalue weighted by atomic mass is 16.5. The average molecular weight is 196 g/mol. The summed E-state index contributed by atoms with van der Waals surface area (Å²) in [7, 11) is 0. The van der Waals surface area contributed by atoms with Crippen molar-refractivity contribution in [2.45, 2.75) is 19.8 Å². The van der Waals surface area contributed by atoms with Crippen molar-refractivity contribution < 1.29 is 14.3 Å². The van der Waals surface area contributed by atoms with Crippen molar-refractivity contribution in [1.29, 1.82) is 0 Å². The average Bonchev–Trinajstić information content (AvgIpc) is 2.17. The Bertz CT molecular complexity index is 315. The van der Waals surface area contributed by atoms with E-state index in [0.717, 1.165) is 0 Å². The molecular formula is C9H12N2O3. The van der Waals surface area contributed by atoms with Crippen LogP contribution >= 0.6 is 0 Å². The number of aryl methyl sites for hydroxylation is 1. The minimum atomic E-state index is -0.288. The lowest BCUT2D eigenvalue weighted by Crippen LogP contribution is -2.32. The first-order valence-corrected chi connectivity index (χ1v) is 4.41. The predicted octanol–water partition coefficient (Wildman–Crippen LogP) is 0.211. The van der Waals surface area contributed by atoms with Gasteiger partial charge in [0.15, 0.2) is 0 Å². The van der Waals surface area contributed by atoms with Gasteiger partial charge >= 0.3 is 5.97 Å². The van der Waals surface area contributed by atoms with Crippen molar-refractivity contribution in [2.75, 3.05) is 6.61 Å². The van der Waals surface area contributed by atoms with E-state index >= 15 is 0 Å². The van der Waals surface area contributed by atoms with Gasteiger partial charge in [0.2, 0.25) is 0 Å². The second-order valence-electron chi connectivity index (χ2n) is 2.70. The first kappa shape index (κ1) is 10.4. The number of nitrogens with zero attached hydrogens (tertiary/aromatic N) is 2. The van der Waals surface area contributed by atoms with Crippen molar-refractivity contribution in [3.63, 3.8) is 0 Å². The third kappa shape index (κ3) is 3.01. The van der Waals surface area contributed by atoms with E-state index in [-0.39, 0.29) is 12.4 Å². The summed E-state index contributed by atoms with van der Waals surface area (Å²) in [6.45, 7) is 2.12. The van der Waals surface area contributed by atoms with E-state index in [1.807, 2.05) is 0 Å². The Morgan fingerprint density at radius 1 is 1.71 bits per heavy atom. The lowest BCUT2D eigenvalue weighted by atomic mass is 10.2. The molecule has 0 aliphatic carbocycles. The summed E-state index contributed by atoms with van der Waals surface area (Å²) in [5.41, 5.74) is 0.521. The summed E-state index contributed by atoms with van der Waals surface area (Å²) >= 11 is 0. The van der Waals surface area contributed by atoms with Crippen molar-refractivity contribution >= 4 is 5.97 Å². The van der Waals surface area contributed by atoms with Crippen LogP contribution in [0.5, 0.6) is 0 Å². The maximum Gasteiger partial charge on any atom is 0.306 e. The van der Waals surface area contributed by atoms with Gasteiger partial charge in [-0.3, -0.25) is 4.79 Å². The zero-order chi connectivity index (χ0) is 10.4. The zero-order valence-electron chi connectivity index (χ0n) is 7.97. The van der Waals surface area contributed by atoms with Gasteiger partial charge in [-0.25, -0.2) is 4.73 Å². The fraction of sp³-hybridized carbons (Fsp3) is 0.444. The van der Waals surface area contributed by atoms with Gasteiger partial charge in [0.1, 0.15) is 11.9 Å². The number of hydrogen-bond donors (Lipinski definition) is 0. The Morgan fingerprint density at radius 3 is 3.14 bits per heavy atom. The lowest BCUT2D eigenvalue weighted by molar-refractivity contribution is -0.617. The summed E-state index contributed by atoms with van der Waals surface area (Å²) in [5.74, 6) is -0.288. The van der Waals surface area contributed by atoms with Crippen LogP contribution in [-0.4, -0.2) is 17.6 Å². The zero-order valence-corrected chi connectivity index (χ0v) is 7.97. The molecule has 1 aromatic rings. The number of carbonyl (C=O) groups excluding carboxylic acids is 1. The monoisotopic (exact) mass is 196 g/mol. The number of carbonyl (C=O) groups is 1. The lowest BCUT2D eigenvalue weighted by Gasteiger charge is -2.06. The molecule has 0 amide bonds. The Morgan fingerprint density at radius 2 is 2.50 bits per heavy atom. The molecule has 1 rings (SSSR count). The molecule has 1 aromatic heterocycles. The van der Waals surface area contributed by atoms with Crippen molar-refractivity contribution in [3.8, 4) is 0 Å². The molecular weight excluding hydrogens is 184 g/mol. The molecule has 14 heavy (non-hydrogen) atoms. The largest absolute Gasteiger partial charge is 0.711 e. The SMILES string of the molecule is CCOC(=O)CCc1ccnc[n+]1[O-]. The Kier molecular flexibility index (Phi) is 3.84. The molecule has 0 fully saturated rings. The van der Waals surface area contributed by atoms with Crippen molar-refractivity contribution in [1.82, 2.24) is 4.98 Å². The third-order valence-corrected chi connectivity index (χ3v) is 1.70. The standard InChI is InChI=1S/C9H12N2O3/c1-2-14-9(12)4-3-8-5-6-10-7-11(8)13/h5-7H,2-4H2,1H3. The van der Waals surface area contributed by atoms with E-state index in [9.17, 15) is 10.0 Å². The predicted molar refractivity (Wildman–Crippen MR) is 48.2 cm³/mol. The van der Waals surface area contributed by atoms with Crippen LogP contribution in [0, 0.1) is 5.21 Å². The normalized spacial score (nSPS) is 9.79. The number of aromatic nitrogens is 2. The van der Waals surface area contributed by atoms with E-state index < -0.39 is 0 Å². The first-order valence-electron chi connectivity index (χ1n) is 4.41. The highest BCUT2D eigenvalue weighted by Gasteiger charge is 2.06. The molecule has 0 aliphatic heterocycles. The first-order chi connectivity index (χ1) is 6.74. The van der Waals surface area contributed by atoms with Crippen LogP contribution in [0.4, 0.5) is 0 Å². The molecule has 0 saturated carbocycles. The molecule has 5 heteroatoms. The topological polar surface area (TPSA) is 66.1 Å². The fourth-order valence-electron chi connectivity index (χ4n) is 1.03. The highest BCUT2D eigenvalue weighted by Crippen LogP contribution is 1.96. The maximum absolute atomic E-state index is 11.1. The van der Waals surface area contributed by atoms with Gasteiger partial charge in [-0.2, -0.15) is 0 Å². The quantitative estimate of drug-likeness (QED) is 0.392. The molecule has 0 aliphatic rings. The van der Waals surface area contributed by atoms with E-state index in [4.69, 9.17) is 4.74 Å². The molecule has 0 saturated heterocycles. The van der Waals surface area contributed by atoms with Gasteiger partial charge in [-0.05, 0) is 6.92 Å². The Hall–Kier alpha value is -1.65. The summed E-state index contributed by atoms with van der Waals surface area (Å²) in [6, 6.07) is 1.59. The number of rotatable bonds is 4. The van der Waals surface area contributed by atoms with Crippen LogP contribution in [-0.2, 0) is 16.0 Å². The number of ether oxygens (including phenoxy) is 1. The molecule has 0 spiro atoms. The molecule has 0 aromatic carbocycles. The molecule has 1 heterocycles. The smallest absolute Gasteiger partial charge is 0.306 e. The third-order valence-electron chi connectivity index (χ3n) is 1.70. The molecule has 0 bridgehead atoms. The number of hydrogen-bond acceptors (Lipinski definition) is 4. The summed E-state index contributed by atoms with van der Waals surface area (Å²) < 4.78 is 5.39. The molecule has 5 nitrogen and oxygen atoms in total. The second-order valence-corrected chi connectivity index (χ2v) is 2.70.